The minimum Gasteiger partial charge on any atom is -0.494 e. The largest absolute Gasteiger partial charge is 0.494 e. The van der Waals surface area contributed by atoms with E-state index in [-0.39, 0.29) is 24.7 Å². The summed E-state index contributed by atoms with van der Waals surface area (Å²) < 4.78 is 11.0. The summed E-state index contributed by atoms with van der Waals surface area (Å²) in [6.45, 7) is 5.77. The van der Waals surface area contributed by atoms with E-state index in [2.05, 4.69) is 10.6 Å². The molecule has 0 spiro atoms. The third-order valence-electron chi connectivity index (χ3n) is 3.36. The third kappa shape index (κ3) is 4.17. The number of carbonyl (C=O) groups excluding carboxylic acids is 1. The zero-order valence-corrected chi connectivity index (χ0v) is 12.4. The Labute approximate surface area is 124 Å². The number of anilines is 1. The number of rotatable bonds is 7. The van der Waals surface area contributed by atoms with Crippen molar-refractivity contribution in [3.05, 3.63) is 23.8 Å². The Bertz CT molecular complexity index is 500. The minimum atomic E-state index is -0.244. The van der Waals surface area contributed by atoms with Gasteiger partial charge in [0.05, 0.1) is 18.8 Å². The van der Waals surface area contributed by atoms with Crippen LogP contribution in [-0.2, 0) is 16.1 Å². The smallest absolute Gasteiger partial charge is 0.250 e. The van der Waals surface area contributed by atoms with Crippen LogP contribution in [-0.4, -0.2) is 42.9 Å². The zero-order chi connectivity index (χ0) is 15.3. The summed E-state index contributed by atoms with van der Waals surface area (Å²) >= 11 is 0. The van der Waals surface area contributed by atoms with Gasteiger partial charge in [0.2, 0.25) is 5.91 Å². The average Bonchev–Trinajstić information content (AvgIpc) is 2.45. The van der Waals surface area contributed by atoms with E-state index in [1.54, 1.807) is 18.2 Å². The molecule has 1 aromatic rings. The molecule has 1 aliphatic heterocycles. The van der Waals surface area contributed by atoms with Crippen LogP contribution in [0.15, 0.2) is 18.2 Å². The molecule has 1 aliphatic rings. The highest BCUT2D eigenvalue weighted by atomic mass is 16.5. The molecule has 0 saturated carbocycles. The van der Waals surface area contributed by atoms with Crippen LogP contribution in [0.2, 0.25) is 0 Å². The average molecular weight is 294 g/mol. The highest BCUT2D eigenvalue weighted by Crippen LogP contribution is 2.23. The summed E-state index contributed by atoms with van der Waals surface area (Å²) in [4.78, 5) is 11.9. The fourth-order valence-electron chi connectivity index (χ4n) is 2.09. The van der Waals surface area contributed by atoms with Crippen LogP contribution in [0.1, 0.15) is 19.4 Å². The maximum absolute atomic E-state index is 11.9. The van der Waals surface area contributed by atoms with Crippen molar-refractivity contribution in [2.75, 3.05) is 31.6 Å². The van der Waals surface area contributed by atoms with Gasteiger partial charge in [-0.05, 0) is 32.0 Å². The normalized spacial score (nSPS) is 16.1. The maximum Gasteiger partial charge on any atom is 0.250 e. The minimum absolute atomic E-state index is 0.0137. The summed E-state index contributed by atoms with van der Waals surface area (Å²) in [5.74, 6) is 0.415. The highest BCUT2D eigenvalue weighted by molar-refractivity contribution is 5.91. The van der Waals surface area contributed by atoms with Crippen molar-refractivity contribution in [3.8, 4) is 5.75 Å². The molecule has 1 amide bonds. The van der Waals surface area contributed by atoms with Gasteiger partial charge in [-0.1, -0.05) is 0 Å². The van der Waals surface area contributed by atoms with Gasteiger partial charge in [-0.2, -0.15) is 0 Å². The van der Waals surface area contributed by atoms with Crippen LogP contribution in [0.4, 0.5) is 5.69 Å². The van der Waals surface area contributed by atoms with Crippen LogP contribution >= 0.6 is 0 Å². The molecule has 6 nitrogen and oxygen atoms in total. The standard InChI is InChI=1S/C15H22N2O4/c1-3-20-13-5-4-12(6-11(13)7-18)17-14(19)8-21-15(2)9-16-10-15/h4-6,16,18H,3,7-10H2,1-2H3,(H,17,19). The van der Waals surface area contributed by atoms with Crippen LogP contribution < -0.4 is 15.4 Å². The van der Waals surface area contributed by atoms with Crippen LogP contribution in [0, 0.1) is 0 Å². The lowest BCUT2D eigenvalue weighted by molar-refractivity contribution is -0.130. The van der Waals surface area contributed by atoms with Crippen LogP contribution in [0.25, 0.3) is 0 Å². The molecule has 0 aliphatic carbocycles. The van der Waals surface area contributed by atoms with Gasteiger partial charge < -0.3 is 25.2 Å². The van der Waals surface area contributed by atoms with Crippen LogP contribution in [0.3, 0.4) is 0 Å². The first-order valence-electron chi connectivity index (χ1n) is 7.07. The second-order valence-electron chi connectivity index (χ2n) is 5.30. The summed E-state index contributed by atoms with van der Waals surface area (Å²) in [7, 11) is 0. The monoisotopic (exact) mass is 294 g/mol. The highest BCUT2D eigenvalue weighted by Gasteiger charge is 2.32. The van der Waals surface area contributed by atoms with Crippen molar-refractivity contribution >= 4 is 11.6 Å². The number of nitrogens with one attached hydrogen (secondary N) is 2. The van der Waals surface area contributed by atoms with E-state index in [0.717, 1.165) is 13.1 Å². The molecule has 21 heavy (non-hydrogen) atoms. The number of benzene rings is 1. The Kier molecular flexibility index (Phi) is 5.17. The molecule has 1 fully saturated rings. The number of ether oxygens (including phenoxy) is 2. The molecule has 6 heteroatoms. The van der Waals surface area contributed by atoms with Crippen molar-refractivity contribution in [3.63, 3.8) is 0 Å². The molecule has 1 heterocycles. The number of aliphatic hydroxyl groups excluding tert-OH is 1. The molecular formula is C15H22N2O4. The van der Waals surface area contributed by atoms with Gasteiger partial charge in [-0.3, -0.25) is 4.79 Å². The van der Waals surface area contributed by atoms with Gasteiger partial charge in [0.15, 0.2) is 0 Å². The second-order valence-corrected chi connectivity index (χ2v) is 5.30. The second kappa shape index (κ2) is 6.89. The quantitative estimate of drug-likeness (QED) is 0.696. The van der Waals surface area contributed by atoms with Crippen molar-refractivity contribution in [1.29, 1.82) is 0 Å². The predicted octanol–water partition coefficient (Wildman–Crippen LogP) is 0.895. The van der Waals surface area contributed by atoms with Crippen LogP contribution in [0.5, 0.6) is 5.75 Å². The van der Waals surface area contributed by atoms with E-state index in [1.807, 2.05) is 13.8 Å². The van der Waals surface area contributed by atoms with Gasteiger partial charge in [0.1, 0.15) is 12.4 Å². The van der Waals surface area contributed by atoms with Gasteiger partial charge in [-0.15, -0.1) is 0 Å². The molecule has 116 valence electrons. The summed E-state index contributed by atoms with van der Waals surface area (Å²) in [5.41, 5.74) is 1.02. The lowest BCUT2D eigenvalue weighted by atomic mass is 10.0. The molecule has 1 saturated heterocycles. The third-order valence-corrected chi connectivity index (χ3v) is 3.36. The topological polar surface area (TPSA) is 79.8 Å². The molecule has 0 aromatic heterocycles. The van der Waals surface area contributed by atoms with Crippen molar-refractivity contribution < 1.29 is 19.4 Å². The fraction of sp³-hybridized carbons (Fsp3) is 0.533. The Morgan fingerprint density at radius 3 is 2.81 bits per heavy atom. The summed E-state index contributed by atoms with van der Waals surface area (Å²) in [6.07, 6.45) is 0. The van der Waals surface area contributed by atoms with Gasteiger partial charge in [-0.25, -0.2) is 0 Å². The van der Waals surface area contributed by atoms with Gasteiger partial charge >= 0.3 is 0 Å². The molecule has 3 N–H and O–H groups in total. The number of hydrogen-bond acceptors (Lipinski definition) is 5. The van der Waals surface area contributed by atoms with Gasteiger partial charge in [0, 0.05) is 24.3 Å². The summed E-state index contributed by atoms with van der Waals surface area (Å²) in [6, 6.07) is 5.19. The lowest BCUT2D eigenvalue weighted by Crippen LogP contribution is -2.59. The first-order chi connectivity index (χ1) is 10.1. The van der Waals surface area contributed by atoms with Crippen molar-refractivity contribution in [2.24, 2.45) is 0 Å². The van der Waals surface area contributed by atoms with E-state index < -0.39 is 0 Å². The molecular weight excluding hydrogens is 272 g/mol. The van der Waals surface area contributed by atoms with Gasteiger partial charge in [0.25, 0.3) is 0 Å². The Balaban J connectivity index is 1.90. The Morgan fingerprint density at radius 2 is 2.24 bits per heavy atom. The Morgan fingerprint density at radius 1 is 1.48 bits per heavy atom. The molecule has 2 rings (SSSR count). The summed E-state index contributed by atoms with van der Waals surface area (Å²) in [5, 5.41) is 15.2. The molecule has 1 aromatic carbocycles. The molecule has 0 radical (unpaired) electrons. The zero-order valence-electron chi connectivity index (χ0n) is 12.4. The predicted molar refractivity (Wildman–Crippen MR) is 79.4 cm³/mol. The van der Waals surface area contributed by atoms with E-state index in [4.69, 9.17) is 9.47 Å². The lowest BCUT2D eigenvalue weighted by Gasteiger charge is -2.38. The van der Waals surface area contributed by atoms with Crippen molar-refractivity contribution in [2.45, 2.75) is 26.1 Å². The molecule has 0 bridgehead atoms. The maximum atomic E-state index is 11.9. The Hall–Kier alpha value is -1.63. The first kappa shape index (κ1) is 15.8. The SMILES string of the molecule is CCOc1ccc(NC(=O)COC2(C)CNC2)cc1CO. The fourth-order valence-corrected chi connectivity index (χ4v) is 2.09. The molecule has 0 atom stereocenters. The number of hydrogen-bond donors (Lipinski definition) is 3. The number of amides is 1. The molecule has 0 unspecified atom stereocenters. The number of carbonyl (C=O) groups is 1. The van der Waals surface area contributed by atoms with Crippen molar-refractivity contribution in [1.82, 2.24) is 5.32 Å². The number of aliphatic hydroxyl groups is 1. The van der Waals surface area contributed by atoms with E-state index in [1.165, 1.54) is 0 Å². The first-order valence-corrected chi connectivity index (χ1v) is 7.07. The van der Waals surface area contributed by atoms with E-state index in [9.17, 15) is 9.90 Å². The van der Waals surface area contributed by atoms with E-state index >= 15 is 0 Å². The van der Waals surface area contributed by atoms with E-state index in [0.29, 0.717) is 23.6 Å².